The highest BCUT2D eigenvalue weighted by molar-refractivity contribution is 5.86. The molecular formula is C12H14F3NO4. The molecule has 8 heteroatoms. The minimum absolute atomic E-state index is 0.0249. The Morgan fingerprint density at radius 3 is 2.55 bits per heavy atom. The molecule has 5 nitrogen and oxygen atoms in total. The third-order valence-electron chi connectivity index (χ3n) is 3.29. The van der Waals surface area contributed by atoms with E-state index in [0.29, 0.717) is 5.76 Å². The Balaban J connectivity index is 1.94. The average Bonchev–Trinajstić information content (AvgIpc) is 2.79. The van der Waals surface area contributed by atoms with Crippen LogP contribution in [0.15, 0.2) is 16.5 Å². The highest BCUT2D eigenvalue weighted by Crippen LogP contribution is 2.40. The molecule has 0 unspecified atom stereocenters. The normalized spacial score (nSPS) is 18.6. The van der Waals surface area contributed by atoms with Crippen molar-refractivity contribution in [3.63, 3.8) is 0 Å². The first-order valence-electron chi connectivity index (χ1n) is 5.82. The molecule has 0 aromatic carbocycles. The Morgan fingerprint density at radius 2 is 2.05 bits per heavy atom. The number of ether oxygens (including phenoxy) is 2. The monoisotopic (exact) mass is 293 g/mol. The highest BCUT2D eigenvalue weighted by atomic mass is 19.4. The molecule has 0 spiro atoms. The minimum atomic E-state index is -4.40. The van der Waals surface area contributed by atoms with Gasteiger partial charge in [-0.1, -0.05) is 0 Å². The van der Waals surface area contributed by atoms with Gasteiger partial charge in [-0.2, -0.15) is 13.2 Å². The van der Waals surface area contributed by atoms with Crippen molar-refractivity contribution in [2.75, 3.05) is 27.3 Å². The average molecular weight is 293 g/mol. The lowest BCUT2D eigenvalue weighted by Crippen LogP contribution is -2.69. The smallest absolute Gasteiger partial charge is 0.419 e. The summed E-state index contributed by atoms with van der Waals surface area (Å²) < 4.78 is 52.6. The fourth-order valence-electron chi connectivity index (χ4n) is 2.11. The molecular weight excluding hydrogens is 279 g/mol. The minimum Gasteiger partial charge on any atom is -0.463 e. The first kappa shape index (κ1) is 14.9. The van der Waals surface area contributed by atoms with Gasteiger partial charge in [0.15, 0.2) is 5.60 Å². The van der Waals surface area contributed by atoms with Crippen LogP contribution in [0.4, 0.5) is 13.2 Å². The van der Waals surface area contributed by atoms with Gasteiger partial charge in [-0.15, -0.1) is 0 Å². The Morgan fingerprint density at radius 1 is 1.40 bits per heavy atom. The second kappa shape index (κ2) is 5.10. The van der Waals surface area contributed by atoms with Crippen molar-refractivity contribution < 1.29 is 31.9 Å². The van der Waals surface area contributed by atoms with E-state index >= 15 is 0 Å². The Hall–Kier alpha value is -1.54. The molecule has 1 aliphatic rings. The molecule has 2 rings (SSSR count). The Bertz CT molecular complexity index is 491. The molecule has 0 radical (unpaired) electrons. The van der Waals surface area contributed by atoms with Gasteiger partial charge in [0.2, 0.25) is 5.76 Å². The van der Waals surface area contributed by atoms with Gasteiger partial charge in [0.25, 0.3) is 0 Å². The molecule has 1 aliphatic heterocycles. The maximum atomic E-state index is 12.8. The summed E-state index contributed by atoms with van der Waals surface area (Å²) in [6.07, 6.45) is -4.40. The molecule has 1 aromatic heterocycles. The van der Waals surface area contributed by atoms with Crippen LogP contribution in [0.1, 0.15) is 16.3 Å². The topological polar surface area (TPSA) is 51.9 Å². The van der Waals surface area contributed by atoms with Crippen LogP contribution in [0.25, 0.3) is 0 Å². The molecule has 1 aromatic rings. The summed E-state index contributed by atoms with van der Waals surface area (Å²) in [7, 11) is 2.27. The molecule has 0 bridgehead atoms. The molecule has 1 saturated heterocycles. The predicted molar refractivity (Wildman–Crippen MR) is 61.1 cm³/mol. The Labute approximate surface area is 113 Å². The first-order chi connectivity index (χ1) is 9.31. The van der Waals surface area contributed by atoms with Crippen LogP contribution >= 0.6 is 0 Å². The zero-order valence-electron chi connectivity index (χ0n) is 11.0. The summed E-state index contributed by atoms with van der Waals surface area (Å²) in [5, 5.41) is 0. The number of halogens is 3. The number of carbonyl (C=O) groups excluding carboxylic acids is 1. The number of carbonyl (C=O) groups is 1. The summed E-state index contributed by atoms with van der Waals surface area (Å²) in [6.45, 7) is -0.347. The summed E-state index contributed by atoms with van der Waals surface area (Å²) in [5.41, 5.74) is -2.11. The molecule has 20 heavy (non-hydrogen) atoms. The molecule has 2 heterocycles. The number of nitrogens with zero attached hydrogens (tertiary/aromatic N) is 1. The maximum Gasteiger partial charge on any atom is 0.419 e. The zero-order valence-corrected chi connectivity index (χ0v) is 11.0. The predicted octanol–water partition coefficient (Wildman–Crippen LogP) is 1.83. The van der Waals surface area contributed by atoms with Crippen molar-refractivity contribution in [1.82, 2.24) is 4.90 Å². The van der Waals surface area contributed by atoms with Gasteiger partial charge >= 0.3 is 12.1 Å². The van der Waals surface area contributed by atoms with Gasteiger partial charge in [0.05, 0.1) is 13.7 Å². The van der Waals surface area contributed by atoms with Crippen molar-refractivity contribution >= 4 is 5.97 Å². The molecule has 0 aliphatic carbocycles. The van der Waals surface area contributed by atoms with Gasteiger partial charge < -0.3 is 13.9 Å². The molecule has 0 saturated carbocycles. The summed E-state index contributed by atoms with van der Waals surface area (Å²) >= 11 is 0. The van der Waals surface area contributed by atoms with Crippen LogP contribution in [0.3, 0.4) is 0 Å². The summed E-state index contributed by atoms with van der Waals surface area (Å²) in [6, 6.07) is 2.96. The highest BCUT2D eigenvalue weighted by Gasteiger charge is 2.62. The third kappa shape index (κ3) is 2.53. The van der Waals surface area contributed by atoms with Crippen LogP contribution in [-0.4, -0.2) is 50.0 Å². The standard InChI is InChI=1S/C12H14F3NO4/c1-18-10(17)9-4-3-8(20-9)5-16-6-11(7-16,19-2)12(13,14)15/h3-4H,5-7H2,1-2H3. The van der Waals surface area contributed by atoms with E-state index in [9.17, 15) is 18.0 Å². The van der Waals surface area contributed by atoms with Gasteiger partial charge in [0, 0.05) is 20.2 Å². The lowest BCUT2D eigenvalue weighted by atomic mass is 9.93. The molecule has 0 atom stereocenters. The van der Waals surface area contributed by atoms with Gasteiger partial charge in [-0.05, 0) is 12.1 Å². The third-order valence-corrected chi connectivity index (χ3v) is 3.29. The second-order valence-corrected chi connectivity index (χ2v) is 4.60. The van der Waals surface area contributed by atoms with E-state index in [2.05, 4.69) is 9.47 Å². The first-order valence-corrected chi connectivity index (χ1v) is 5.82. The Kier molecular flexibility index (Phi) is 3.79. The van der Waals surface area contributed by atoms with Crippen LogP contribution in [0.5, 0.6) is 0 Å². The van der Waals surface area contributed by atoms with Crippen molar-refractivity contribution in [2.24, 2.45) is 0 Å². The molecule has 112 valence electrons. The summed E-state index contributed by atoms with van der Waals surface area (Å²) in [4.78, 5) is 12.7. The number of alkyl halides is 3. The quantitative estimate of drug-likeness (QED) is 0.793. The van der Waals surface area contributed by atoms with Crippen molar-refractivity contribution in [3.8, 4) is 0 Å². The number of hydrogen-bond donors (Lipinski definition) is 0. The van der Waals surface area contributed by atoms with E-state index in [1.807, 2.05) is 0 Å². The van der Waals surface area contributed by atoms with E-state index in [0.717, 1.165) is 7.11 Å². The van der Waals surface area contributed by atoms with Crippen LogP contribution in [0, 0.1) is 0 Å². The van der Waals surface area contributed by atoms with Crippen LogP contribution < -0.4 is 0 Å². The van der Waals surface area contributed by atoms with Gasteiger partial charge in [-0.3, -0.25) is 4.90 Å². The van der Waals surface area contributed by atoms with Crippen LogP contribution in [-0.2, 0) is 16.0 Å². The van der Waals surface area contributed by atoms with Crippen molar-refractivity contribution in [2.45, 2.75) is 18.3 Å². The molecule has 0 amide bonds. The van der Waals surface area contributed by atoms with Crippen molar-refractivity contribution in [3.05, 3.63) is 23.7 Å². The fraction of sp³-hybridized carbons (Fsp3) is 0.583. The van der Waals surface area contributed by atoms with E-state index in [1.165, 1.54) is 24.1 Å². The zero-order chi connectivity index (χ0) is 15.0. The van der Waals surface area contributed by atoms with Gasteiger partial charge in [0.1, 0.15) is 5.76 Å². The number of esters is 1. The van der Waals surface area contributed by atoms with E-state index < -0.39 is 17.7 Å². The van der Waals surface area contributed by atoms with E-state index in [4.69, 9.17) is 4.42 Å². The largest absolute Gasteiger partial charge is 0.463 e. The van der Waals surface area contributed by atoms with E-state index in [-0.39, 0.29) is 25.4 Å². The molecule has 0 N–H and O–H groups in total. The van der Waals surface area contributed by atoms with Crippen molar-refractivity contribution in [1.29, 1.82) is 0 Å². The second-order valence-electron chi connectivity index (χ2n) is 4.60. The number of likely N-dealkylation sites (tertiary alicyclic amines) is 1. The van der Waals surface area contributed by atoms with Crippen LogP contribution in [0.2, 0.25) is 0 Å². The summed E-state index contributed by atoms with van der Waals surface area (Å²) in [5.74, 6) is -0.199. The molecule has 1 fully saturated rings. The fourth-order valence-corrected chi connectivity index (χ4v) is 2.11. The number of rotatable bonds is 4. The lowest BCUT2D eigenvalue weighted by Gasteiger charge is -2.49. The van der Waals surface area contributed by atoms with Gasteiger partial charge in [-0.25, -0.2) is 4.79 Å². The lowest BCUT2D eigenvalue weighted by molar-refractivity contribution is -0.312. The SMILES string of the molecule is COC(=O)c1ccc(CN2CC(OC)(C(F)(F)F)C2)o1. The maximum absolute atomic E-state index is 12.8. The number of furan rings is 1. The number of methoxy groups -OCH3 is 2. The van der Waals surface area contributed by atoms with E-state index in [1.54, 1.807) is 0 Å². The number of hydrogen-bond acceptors (Lipinski definition) is 5.